The number of benzene rings is 8. The van der Waals surface area contributed by atoms with Crippen LogP contribution in [-0.4, -0.2) is 19.1 Å². The van der Waals surface area contributed by atoms with Crippen molar-refractivity contribution in [3.05, 3.63) is 182 Å². The van der Waals surface area contributed by atoms with Crippen LogP contribution in [0.5, 0.6) is 0 Å². The Balaban J connectivity index is 1.27. The predicted octanol–water partition coefficient (Wildman–Crippen LogP) is 13.1. The van der Waals surface area contributed by atoms with Crippen molar-refractivity contribution in [2.45, 2.75) is 0 Å². The summed E-state index contributed by atoms with van der Waals surface area (Å²) in [4.78, 5) is 10.7. The molecule has 0 unspecified atom stereocenters. The fourth-order valence-corrected chi connectivity index (χ4v) is 8.76. The smallest absolute Gasteiger partial charge is 0.235 e. The average molecular weight is 703 g/mol. The van der Waals surface area contributed by atoms with Crippen molar-refractivity contribution in [2.75, 3.05) is 0 Å². The van der Waals surface area contributed by atoms with Gasteiger partial charge in [-0.15, -0.1) is 0 Å². The van der Waals surface area contributed by atoms with Crippen LogP contribution in [0.3, 0.4) is 0 Å². The highest BCUT2D eigenvalue weighted by Gasteiger charge is 2.25. The molecule has 8 aromatic carbocycles. The van der Waals surface area contributed by atoms with Crippen molar-refractivity contribution in [2.24, 2.45) is 0 Å². The molecule has 0 bridgehead atoms. The van der Waals surface area contributed by atoms with E-state index in [1.54, 1.807) is 0 Å². The van der Waals surface area contributed by atoms with Crippen molar-refractivity contribution >= 4 is 76.5 Å². The maximum atomic E-state index is 6.53. The van der Waals surface area contributed by atoms with Crippen molar-refractivity contribution in [3.8, 4) is 34.0 Å². The van der Waals surface area contributed by atoms with Gasteiger partial charge >= 0.3 is 0 Å². The molecule has 0 aliphatic heterocycles. The Kier molecular flexibility index (Phi) is 6.27. The fraction of sp³-hybridized carbons (Fsp3) is 0. The van der Waals surface area contributed by atoms with Gasteiger partial charge in [-0.25, -0.2) is 9.97 Å². The summed E-state index contributed by atoms with van der Waals surface area (Å²) in [5.41, 5.74) is 12.3. The molecule has 55 heavy (non-hydrogen) atoms. The Morgan fingerprint density at radius 1 is 0.382 bits per heavy atom. The molecule has 5 nitrogen and oxygen atoms in total. The minimum atomic E-state index is 0.637. The summed E-state index contributed by atoms with van der Waals surface area (Å²) in [5, 5.41) is 7.78. The number of aromatic nitrogens is 4. The predicted molar refractivity (Wildman–Crippen MR) is 226 cm³/mol. The Hall–Kier alpha value is -7.50. The van der Waals surface area contributed by atoms with Gasteiger partial charge in [0.1, 0.15) is 11.2 Å². The number of hydrogen-bond acceptors (Lipinski definition) is 3. The van der Waals surface area contributed by atoms with Gasteiger partial charge in [0.2, 0.25) is 5.95 Å². The molecular weight excluding hydrogens is 673 g/mol. The summed E-state index contributed by atoms with van der Waals surface area (Å²) in [5.74, 6) is 0.637. The van der Waals surface area contributed by atoms with Crippen molar-refractivity contribution in [3.63, 3.8) is 0 Å². The van der Waals surface area contributed by atoms with Crippen LogP contribution in [0.2, 0.25) is 0 Å². The number of nitrogens with zero attached hydrogens (tertiary/aromatic N) is 4. The van der Waals surface area contributed by atoms with Crippen LogP contribution in [-0.2, 0) is 0 Å². The maximum absolute atomic E-state index is 6.53. The van der Waals surface area contributed by atoms with E-state index in [2.05, 4.69) is 179 Å². The SMILES string of the molecule is c1ccc(-c2cccc(-n3c4ccc5c6ccccc6n(-c6nc(-c7ccccc7)c7ccccc7n6)c5c4c4ccc5oc6ccccc6c5c43)c2)cc1. The second-order valence-corrected chi connectivity index (χ2v) is 14.1. The zero-order chi connectivity index (χ0) is 36.0. The maximum Gasteiger partial charge on any atom is 0.235 e. The molecule has 0 aliphatic rings. The zero-order valence-corrected chi connectivity index (χ0v) is 29.5. The van der Waals surface area contributed by atoms with E-state index in [4.69, 9.17) is 14.4 Å². The highest BCUT2D eigenvalue weighted by Crippen LogP contribution is 2.46. The number of rotatable bonds is 4. The molecule has 12 rings (SSSR count). The quantitative estimate of drug-likeness (QED) is 0.183. The molecule has 256 valence electrons. The van der Waals surface area contributed by atoms with Crippen molar-refractivity contribution in [1.82, 2.24) is 19.1 Å². The van der Waals surface area contributed by atoms with Crippen molar-refractivity contribution in [1.29, 1.82) is 0 Å². The summed E-state index contributed by atoms with van der Waals surface area (Å²) in [7, 11) is 0. The first-order valence-electron chi connectivity index (χ1n) is 18.6. The van der Waals surface area contributed by atoms with Gasteiger partial charge in [-0.05, 0) is 59.7 Å². The number of furan rings is 1. The molecule has 0 saturated heterocycles. The lowest BCUT2D eigenvalue weighted by Crippen LogP contribution is -2.03. The molecule has 0 fully saturated rings. The molecule has 0 N–H and O–H groups in total. The lowest BCUT2D eigenvalue weighted by molar-refractivity contribution is 0.669. The molecule has 0 saturated carbocycles. The first kappa shape index (κ1) is 30.0. The Morgan fingerprint density at radius 2 is 1.05 bits per heavy atom. The first-order valence-corrected chi connectivity index (χ1v) is 18.6. The van der Waals surface area contributed by atoms with E-state index in [0.29, 0.717) is 5.95 Å². The van der Waals surface area contributed by atoms with Gasteiger partial charge in [0.15, 0.2) is 0 Å². The molecule has 4 heterocycles. The van der Waals surface area contributed by atoms with Gasteiger partial charge in [-0.2, -0.15) is 0 Å². The topological polar surface area (TPSA) is 48.8 Å². The normalized spacial score (nSPS) is 12.0. The van der Waals surface area contributed by atoms with E-state index >= 15 is 0 Å². The van der Waals surface area contributed by atoms with E-state index in [9.17, 15) is 0 Å². The fourth-order valence-electron chi connectivity index (χ4n) is 8.76. The summed E-state index contributed by atoms with van der Waals surface area (Å²) < 4.78 is 11.2. The third kappa shape index (κ3) is 4.35. The molecule has 12 aromatic rings. The van der Waals surface area contributed by atoms with E-state index in [1.807, 2.05) is 12.1 Å². The summed E-state index contributed by atoms with van der Waals surface area (Å²) in [6, 6.07) is 64.1. The van der Waals surface area contributed by atoms with Gasteiger partial charge in [0.05, 0.1) is 38.7 Å². The molecule has 0 radical (unpaired) electrons. The van der Waals surface area contributed by atoms with Crippen LogP contribution in [0, 0.1) is 0 Å². The molecule has 5 heteroatoms. The molecule has 0 aliphatic carbocycles. The van der Waals surface area contributed by atoms with Crippen LogP contribution in [0.4, 0.5) is 0 Å². The van der Waals surface area contributed by atoms with Crippen LogP contribution >= 0.6 is 0 Å². The average Bonchev–Trinajstić information content (AvgIpc) is 3.91. The Labute approximate surface area is 315 Å². The lowest BCUT2D eigenvalue weighted by atomic mass is 10.0. The minimum absolute atomic E-state index is 0.637. The van der Waals surface area contributed by atoms with Gasteiger partial charge in [-0.1, -0.05) is 133 Å². The molecule has 0 atom stereocenters. The minimum Gasteiger partial charge on any atom is -0.456 e. The van der Waals surface area contributed by atoms with Crippen LogP contribution in [0.15, 0.2) is 186 Å². The van der Waals surface area contributed by atoms with Gasteiger partial charge in [0, 0.05) is 43.6 Å². The summed E-state index contributed by atoms with van der Waals surface area (Å²) in [6.45, 7) is 0. The molecule has 4 aromatic heterocycles. The van der Waals surface area contributed by atoms with Crippen LogP contribution in [0.1, 0.15) is 0 Å². The monoisotopic (exact) mass is 702 g/mol. The standard InChI is InChI=1S/C50H30N4O/c1-3-14-31(15-4-1)33-18-13-19-34(30-33)53-42-28-26-36-35-20-8-11-24-41(35)54(50-51-40-23-10-7-21-37(40)47(52-50)32-16-5-2-6-17-32)48(36)45(42)39-27-29-44-46(49(39)53)38-22-9-12-25-43(38)55-44/h1-30H. The third-order valence-electron chi connectivity index (χ3n) is 11.1. The highest BCUT2D eigenvalue weighted by molar-refractivity contribution is 6.31. The lowest BCUT2D eigenvalue weighted by Gasteiger charge is -2.13. The third-order valence-corrected chi connectivity index (χ3v) is 11.1. The molecule has 0 spiro atoms. The Bertz CT molecular complexity index is 3480. The second kappa shape index (κ2) is 11.5. The van der Waals surface area contributed by atoms with Gasteiger partial charge in [-0.3, -0.25) is 4.57 Å². The van der Waals surface area contributed by atoms with Gasteiger partial charge < -0.3 is 8.98 Å². The second-order valence-electron chi connectivity index (χ2n) is 14.1. The van der Waals surface area contributed by atoms with E-state index in [-0.39, 0.29) is 0 Å². The van der Waals surface area contributed by atoms with E-state index < -0.39 is 0 Å². The summed E-state index contributed by atoms with van der Waals surface area (Å²) >= 11 is 0. The largest absolute Gasteiger partial charge is 0.456 e. The molecule has 0 amide bonds. The molecular formula is C50H30N4O. The van der Waals surface area contributed by atoms with E-state index in [0.717, 1.165) is 99.0 Å². The van der Waals surface area contributed by atoms with Crippen LogP contribution < -0.4 is 0 Å². The zero-order valence-electron chi connectivity index (χ0n) is 29.5. The number of fused-ring (bicyclic) bond motifs is 12. The van der Waals surface area contributed by atoms with E-state index in [1.165, 1.54) is 5.56 Å². The van der Waals surface area contributed by atoms with Gasteiger partial charge in [0.25, 0.3) is 0 Å². The summed E-state index contributed by atoms with van der Waals surface area (Å²) in [6.07, 6.45) is 0. The number of para-hydroxylation sites is 3. The van der Waals surface area contributed by atoms with Crippen molar-refractivity contribution < 1.29 is 4.42 Å². The van der Waals surface area contributed by atoms with Crippen LogP contribution in [0.25, 0.3) is 110 Å². The Morgan fingerprint density at radius 3 is 1.91 bits per heavy atom. The first-order chi connectivity index (χ1) is 27.3. The number of hydrogen-bond donors (Lipinski definition) is 0. The highest BCUT2D eigenvalue weighted by atomic mass is 16.3.